The third-order valence-electron chi connectivity index (χ3n) is 9.13. The molecule has 1 heterocycles. The number of carbonyl (C=O) groups excluding carboxylic acids is 1. The Morgan fingerprint density at radius 2 is 1.30 bits per heavy atom. The van der Waals surface area contributed by atoms with Crippen LogP contribution in [-0.2, 0) is 17.8 Å². The highest BCUT2D eigenvalue weighted by Crippen LogP contribution is 2.41. The van der Waals surface area contributed by atoms with E-state index in [-0.39, 0.29) is 11.8 Å². The molecule has 44 heavy (non-hydrogen) atoms. The summed E-state index contributed by atoms with van der Waals surface area (Å²) in [5.74, 6) is 1.20. The van der Waals surface area contributed by atoms with Gasteiger partial charge in [0.2, 0.25) is 0 Å². The van der Waals surface area contributed by atoms with Crippen LogP contribution >= 0.6 is 0 Å². The Morgan fingerprint density at radius 1 is 0.773 bits per heavy atom. The second kappa shape index (κ2) is 12.7. The Bertz CT molecular complexity index is 1770. The van der Waals surface area contributed by atoms with Crippen LogP contribution in [0.2, 0.25) is 0 Å². The molecule has 4 aromatic rings. The number of carbonyl (C=O) groups is 1. The number of hydrogen-bond donors (Lipinski definition) is 0. The van der Waals surface area contributed by atoms with Crippen molar-refractivity contribution >= 4 is 11.7 Å². The summed E-state index contributed by atoms with van der Waals surface area (Å²) in [6.45, 7) is 2.68. The lowest BCUT2D eigenvalue weighted by Crippen LogP contribution is -2.42. The number of amides is 1. The van der Waals surface area contributed by atoms with Crippen molar-refractivity contribution in [3.63, 3.8) is 0 Å². The number of aliphatic imine (C=N–C) groups is 1. The van der Waals surface area contributed by atoms with Gasteiger partial charge in [0.15, 0.2) is 0 Å². The minimum absolute atomic E-state index is 0.128. The highest BCUT2D eigenvalue weighted by atomic mass is 16.2. The van der Waals surface area contributed by atoms with Crippen LogP contribution in [-0.4, -0.2) is 22.2 Å². The molecule has 0 radical (unpaired) electrons. The molecule has 0 bridgehead atoms. The minimum Gasteiger partial charge on any atom is -0.294 e. The monoisotopic (exact) mass is 576 g/mol. The van der Waals surface area contributed by atoms with E-state index in [4.69, 9.17) is 4.99 Å². The minimum atomic E-state index is -0.613. The van der Waals surface area contributed by atoms with E-state index in [1.165, 1.54) is 5.56 Å². The molecule has 6 rings (SSSR count). The van der Waals surface area contributed by atoms with E-state index in [0.717, 1.165) is 78.6 Å². The van der Waals surface area contributed by atoms with E-state index >= 15 is 0 Å². The van der Waals surface area contributed by atoms with Crippen molar-refractivity contribution in [2.45, 2.75) is 64.0 Å². The summed E-state index contributed by atoms with van der Waals surface area (Å²) in [7, 11) is 0. The molecule has 1 atom stereocenters. The first-order valence-corrected chi connectivity index (χ1v) is 15.6. The SMILES string of the molecule is CCCC(Cc1ccc(-c2ccccc2C#N)cc1)C1=NC2(CCCC2)C(=O)N1Cc1ccc(-c2ccccc2C#N)cc1. The summed E-state index contributed by atoms with van der Waals surface area (Å²) in [5.41, 5.74) is 6.82. The number of benzene rings is 4. The van der Waals surface area contributed by atoms with Crippen LogP contribution in [0, 0.1) is 28.6 Å². The largest absolute Gasteiger partial charge is 0.294 e. The van der Waals surface area contributed by atoms with Crippen LogP contribution in [0.25, 0.3) is 22.3 Å². The molecule has 2 aliphatic rings. The molecular formula is C39H36N4O. The molecule has 1 unspecified atom stereocenters. The van der Waals surface area contributed by atoms with Crippen molar-refractivity contribution in [3.8, 4) is 34.4 Å². The summed E-state index contributed by atoms with van der Waals surface area (Å²) < 4.78 is 0. The lowest BCUT2D eigenvalue weighted by atomic mass is 9.91. The Labute approximate surface area is 260 Å². The summed E-state index contributed by atoms with van der Waals surface area (Å²) in [5, 5.41) is 19.1. The van der Waals surface area contributed by atoms with Gasteiger partial charge in [-0.25, -0.2) is 0 Å². The Balaban J connectivity index is 1.27. The lowest BCUT2D eigenvalue weighted by Gasteiger charge is -2.26. The Hall–Kier alpha value is -5.00. The van der Waals surface area contributed by atoms with Crippen LogP contribution in [0.4, 0.5) is 0 Å². The highest BCUT2D eigenvalue weighted by Gasteiger charge is 2.50. The van der Waals surface area contributed by atoms with Gasteiger partial charge in [0.25, 0.3) is 5.91 Å². The summed E-state index contributed by atoms with van der Waals surface area (Å²) in [4.78, 5) is 21.4. The van der Waals surface area contributed by atoms with E-state index in [1.54, 1.807) is 0 Å². The van der Waals surface area contributed by atoms with E-state index in [9.17, 15) is 15.3 Å². The Morgan fingerprint density at radius 3 is 1.82 bits per heavy atom. The standard InChI is InChI=1S/C39H36N4O/c1-2-9-32(24-28-14-18-30(19-15-28)35-12-5-3-10-33(35)25-40)37-42-39(22-7-8-23-39)38(44)43(37)27-29-16-20-31(21-17-29)36-13-6-4-11-34(36)26-41/h3-6,10-21,32H,2,7-9,22-24,27H2,1H3. The van der Waals surface area contributed by atoms with Crippen LogP contribution in [0.15, 0.2) is 102 Å². The highest BCUT2D eigenvalue weighted by molar-refractivity contribution is 6.09. The fourth-order valence-corrected chi connectivity index (χ4v) is 6.85. The van der Waals surface area contributed by atoms with Gasteiger partial charge < -0.3 is 0 Å². The third-order valence-corrected chi connectivity index (χ3v) is 9.13. The number of nitriles is 2. The van der Waals surface area contributed by atoms with Gasteiger partial charge in [0, 0.05) is 5.92 Å². The van der Waals surface area contributed by atoms with E-state index in [0.29, 0.717) is 17.7 Å². The van der Waals surface area contributed by atoms with Crippen LogP contribution in [0.1, 0.15) is 67.7 Å². The first-order valence-electron chi connectivity index (χ1n) is 15.6. The summed E-state index contributed by atoms with van der Waals surface area (Å²) >= 11 is 0. The van der Waals surface area contributed by atoms with Gasteiger partial charge in [-0.1, -0.05) is 111 Å². The molecule has 0 aromatic heterocycles. The van der Waals surface area contributed by atoms with Crippen molar-refractivity contribution in [1.82, 2.24) is 4.90 Å². The molecule has 1 spiro atoms. The van der Waals surface area contributed by atoms with Crippen molar-refractivity contribution in [1.29, 1.82) is 10.5 Å². The average Bonchev–Trinajstić information content (AvgIpc) is 3.66. The van der Waals surface area contributed by atoms with Crippen molar-refractivity contribution in [2.75, 3.05) is 0 Å². The number of hydrogen-bond acceptors (Lipinski definition) is 4. The van der Waals surface area contributed by atoms with Gasteiger partial charge in [-0.05, 0) is 71.2 Å². The predicted molar refractivity (Wildman–Crippen MR) is 174 cm³/mol. The molecule has 4 aromatic carbocycles. The van der Waals surface area contributed by atoms with E-state index < -0.39 is 5.54 Å². The molecule has 5 nitrogen and oxygen atoms in total. The molecule has 5 heteroatoms. The number of nitrogens with zero attached hydrogens (tertiary/aromatic N) is 4. The molecule has 0 saturated heterocycles. The maximum atomic E-state index is 14.1. The van der Waals surface area contributed by atoms with Gasteiger partial charge in [-0.3, -0.25) is 14.7 Å². The van der Waals surface area contributed by atoms with Gasteiger partial charge in [-0.15, -0.1) is 0 Å². The second-order valence-electron chi connectivity index (χ2n) is 12.0. The molecule has 0 N–H and O–H groups in total. The normalized spacial score (nSPS) is 16.0. The fraction of sp³-hybridized carbons (Fsp3) is 0.282. The third kappa shape index (κ3) is 5.67. The van der Waals surface area contributed by atoms with Crippen LogP contribution < -0.4 is 0 Å². The zero-order chi connectivity index (χ0) is 30.5. The first-order chi connectivity index (χ1) is 21.5. The fourth-order valence-electron chi connectivity index (χ4n) is 6.85. The molecule has 1 fully saturated rings. The van der Waals surface area contributed by atoms with Gasteiger partial charge in [0.05, 0.1) is 29.8 Å². The average molecular weight is 577 g/mol. The van der Waals surface area contributed by atoms with E-state index in [2.05, 4.69) is 55.5 Å². The Kier molecular flexibility index (Phi) is 8.40. The lowest BCUT2D eigenvalue weighted by molar-refractivity contribution is -0.131. The van der Waals surface area contributed by atoms with Crippen LogP contribution in [0.3, 0.4) is 0 Å². The van der Waals surface area contributed by atoms with Gasteiger partial charge >= 0.3 is 0 Å². The maximum absolute atomic E-state index is 14.1. The smallest absolute Gasteiger partial charge is 0.256 e. The second-order valence-corrected chi connectivity index (χ2v) is 12.0. The van der Waals surface area contributed by atoms with Crippen molar-refractivity contribution in [3.05, 3.63) is 119 Å². The zero-order valence-corrected chi connectivity index (χ0v) is 25.2. The maximum Gasteiger partial charge on any atom is 0.256 e. The van der Waals surface area contributed by atoms with Gasteiger partial charge in [-0.2, -0.15) is 10.5 Å². The topological polar surface area (TPSA) is 80.2 Å². The molecule has 1 amide bonds. The zero-order valence-electron chi connectivity index (χ0n) is 25.2. The van der Waals surface area contributed by atoms with Crippen molar-refractivity contribution in [2.24, 2.45) is 10.9 Å². The number of amidine groups is 1. The predicted octanol–water partition coefficient (Wildman–Crippen LogP) is 8.48. The van der Waals surface area contributed by atoms with E-state index in [1.807, 2.05) is 65.6 Å². The van der Waals surface area contributed by atoms with Crippen LogP contribution in [0.5, 0.6) is 0 Å². The molecule has 1 aliphatic carbocycles. The first kappa shape index (κ1) is 29.1. The molecule has 218 valence electrons. The molecule has 1 saturated carbocycles. The van der Waals surface area contributed by atoms with Crippen molar-refractivity contribution < 1.29 is 4.79 Å². The molecular weight excluding hydrogens is 540 g/mol. The quantitative estimate of drug-likeness (QED) is 0.200. The van der Waals surface area contributed by atoms with Gasteiger partial charge in [0.1, 0.15) is 11.4 Å². The molecule has 1 aliphatic heterocycles. The summed E-state index contributed by atoms with van der Waals surface area (Å²) in [6.07, 6.45) is 6.46. The summed E-state index contributed by atoms with van der Waals surface area (Å²) in [6, 6.07) is 36.6. The number of rotatable bonds is 9.